The number of para-hydroxylation sites is 1. The fourth-order valence-corrected chi connectivity index (χ4v) is 3.13. The summed E-state index contributed by atoms with van der Waals surface area (Å²) in [4.78, 5) is 23.5. The summed E-state index contributed by atoms with van der Waals surface area (Å²) in [5.41, 5.74) is 0.958. The number of amides is 1. The highest BCUT2D eigenvalue weighted by molar-refractivity contribution is 6.03. The van der Waals surface area contributed by atoms with Crippen LogP contribution >= 0.6 is 0 Å². The van der Waals surface area contributed by atoms with Crippen LogP contribution in [0.15, 0.2) is 83.3 Å². The van der Waals surface area contributed by atoms with Crippen LogP contribution in [0, 0.1) is 0 Å². The molecule has 0 unspecified atom stereocenters. The molecule has 6 nitrogen and oxygen atoms in total. The lowest BCUT2D eigenvalue weighted by Gasteiger charge is -2.08. The molecule has 0 aliphatic carbocycles. The van der Waals surface area contributed by atoms with Crippen molar-refractivity contribution in [2.24, 2.45) is 0 Å². The van der Waals surface area contributed by atoms with Crippen LogP contribution in [0.5, 0.6) is 5.75 Å². The second kappa shape index (κ2) is 8.53. The molecule has 30 heavy (non-hydrogen) atoms. The van der Waals surface area contributed by atoms with E-state index < -0.39 is 11.9 Å². The maximum Gasteiger partial charge on any atom is 0.307 e. The summed E-state index contributed by atoms with van der Waals surface area (Å²) in [6.45, 7) is 0.182. The van der Waals surface area contributed by atoms with Gasteiger partial charge in [0.25, 0.3) is 5.91 Å². The number of nitrogens with one attached hydrogen (secondary N) is 1. The molecule has 0 bridgehead atoms. The van der Waals surface area contributed by atoms with E-state index >= 15 is 0 Å². The Morgan fingerprint density at radius 3 is 2.50 bits per heavy atom. The van der Waals surface area contributed by atoms with E-state index in [0.717, 1.165) is 10.8 Å². The van der Waals surface area contributed by atoms with Gasteiger partial charge in [-0.3, -0.25) is 9.59 Å². The fraction of sp³-hybridized carbons (Fsp3) is 0.0833. The quantitative estimate of drug-likeness (QED) is 0.460. The predicted molar refractivity (Wildman–Crippen MR) is 113 cm³/mol. The Morgan fingerprint density at radius 2 is 1.67 bits per heavy atom. The average molecular weight is 401 g/mol. The molecule has 6 heteroatoms. The highest BCUT2D eigenvalue weighted by Gasteiger charge is 2.14. The largest absolute Gasteiger partial charge is 0.486 e. The van der Waals surface area contributed by atoms with Gasteiger partial charge in [-0.05, 0) is 46.7 Å². The van der Waals surface area contributed by atoms with Crippen molar-refractivity contribution in [1.82, 2.24) is 0 Å². The van der Waals surface area contributed by atoms with E-state index in [-0.39, 0.29) is 18.8 Å². The highest BCUT2D eigenvalue weighted by Crippen LogP contribution is 2.22. The predicted octanol–water partition coefficient (Wildman–Crippen LogP) is 4.89. The third-order valence-corrected chi connectivity index (χ3v) is 4.59. The molecule has 0 radical (unpaired) electrons. The number of carboxylic acids is 1. The summed E-state index contributed by atoms with van der Waals surface area (Å²) in [7, 11) is 0. The van der Waals surface area contributed by atoms with Gasteiger partial charge in [0.05, 0.1) is 6.42 Å². The van der Waals surface area contributed by atoms with Gasteiger partial charge >= 0.3 is 5.97 Å². The normalized spacial score (nSPS) is 10.7. The van der Waals surface area contributed by atoms with E-state index in [0.29, 0.717) is 22.8 Å². The molecule has 0 saturated carbocycles. The topological polar surface area (TPSA) is 88.8 Å². The summed E-state index contributed by atoms with van der Waals surface area (Å²) in [5.74, 6) is -0.0873. The SMILES string of the molecule is O=C(O)Cc1ccccc1NC(=O)c1ccc(COc2ccc3ccccc3c2)o1. The average Bonchev–Trinajstić information content (AvgIpc) is 3.22. The number of ether oxygens (including phenoxy) is 1. The number of anilines is 1. The van der Waals surface area contributed by atoms with Crippen molar-refractivity contribution in [3.63, 3.8) is 0 Å². The number of aliphatic carboxylic acids is 1. The Kier molecular flexibility index (Phi) is 5.48. The van der Waals surface area contributed by atoms with Crippen molar-refractivity contribution in [2.45, 2.75) is 13.0 Å². The number of carboxylic acid groups (broad SMARTS) is 1. The molecule has 1 heterocycles. The number of hydrogen-bond acceptors (Lipinski definition) is 4. The smallest absolute Gasteiger partial charge is 0.307 e. The summed E-state index contributed by atoms with van der Waals surface area (Å²) < 4.78 is 11.4. The first kappa shape index (κ1) is 19.3. The van der Waals surface area contributed by atoms with E-state index in [4.69, 9.17) is 14.3 Å². The fourth-order valence-electron chi connectivity index (χ4n) is 3.13. The van der Waals surface area contributed by atoms with E-state index in [2.05, 4.69) is 5.32 Å². The zero-order valence-electron chi connectivity index (χ0n) is 16.0. The van der Waals surface area contributed by atoms with Crippen molar-refractivity contribution in [3.8, 4) is 5.75 Å². The van der Waals surface area contributed by atoms with Gasteiger partial charge in [-0.1, -0.05) is 48.5 Å². The number of benzene rings is 3. The number of fused-ring (bicyclic) bond motifs is 1. The van der Waals surface area contributed by atoms with Crippen LogP contribution in [0.1, 0.15) is 21.9 Å². The first-order chi connectivity index (χ1) is 14.6. The Bertz CT molecular complexity index is 1210. The van der Waals surface area contributed by atoms with Crippen LogP contribution in [-0.2, 0) is 17.8 Å². The highest BCUT2D eigenvalue weighted by atomic mass is 16.5. The molecular weight excluding hydrogens is 382 g/mol. The third-order valence-electron chi connectivity index (χ3n) is 4.59. The van der Waals surface area contributed by atoms with Crippen molar-refractivity contribution in [2.75, 3.05) is 5.32 Å². The van der Waals surface area contributed by atoms with Gasteiger partial charge in [-0.2, -0.15) is 0 Å². The molecule has 0 atom stereocenters. The van der Waals surface area contributed by atoms with E-state index in [1.165, 1.54) is 0 Å². The molecule has 0 aliphatic rings. The molecule has 2 N–H and O–H groups in total. The van der Waals surface area contributed by atoms with Crippen molar-refractivity contribution in [1.29, 1.82) is 0 Å². The molecule has 4 rings (SSSR count). The molecular formula is C24H19NO5. The van der Waals surface area contributed by atoms with Gasteiger partial charge in [0.1, 0.15) is 18.1 Å². The number of rotatable bonds is 7. The lowest BCUT2D eigenvalue weighted by atomic mass is 10.1. The maximum absolute atomic E-state index is 12.5. The zero-order chi connectivity index (χ0) is 20.9. The summed E-state index contributed by atoms with van der Waals surface area (Å²) >= 11 is 0. The summed E-state index contributed by atoms with van der Waals surface area (Å²) in [6, 6.07) is 23.8. The standard InChI is InChI=1S/C24H19NO5/c26-23(27)14-18-7-3-4-8-21(18)25-24(28)22-12-11-20(30-22)15-29-19-10-9-16-5-1-2-6-17(16)13-19/h1-13H,14-15H2,(H,25,28)(H,26,27). The Hall–Kier alpha value is -4.06. The first-order valence-corrected chi connectivity index (χ1v) is 9.40. The monoisotopic (exact) mass is 401 g/mol. The van der Waals surface area contributed by atoms with E-state index in [9.17, 15) is 9.59 Å². The van der Waals surface area contributed by atoms with Crippen LogP contribution in [0.2, 0.25) is 0 Å². The molecule has 1 aromatic heterocycles. The van der Waals surface area contributed by atoms with Crippen LogP contribution in [0.3, 0.4) is 0 Å². The van der Waals surface area contributed by atoms with Crippen molar-refractivity contribution >= 4 is 28.3 Å². The van der Waals surface area contributed by atoms with Gasteiger partial charge < -0.3 is 19.6 Å². The molecule has 1 amide bonds. The van der Waals surface area contributed by atoms with Crippen LogP contribution < -0.4 is 10.1 Å². The molecule has 4 aromatic rings. The number of carbonyl (C=O) groups excluding carboxylic acids is 1. The Balaban J connectivity index is 1.41. The van der Waals surface area contributed by atoms with Crippen LogP contribution in [0.25, 0.3) is 10.8 Å². The number of carbonyl (C=O) groups is 2. The molecule has 0 fully saturated rings. The van der Waals surface area contributed by atoms with Gasteiger partial charge in [-0.15, -0.1) is 0 Å². The van der Waals surface area contributed by atoms with Gasteiger partial charge in [-0.25, -0.2) is 0 Å². The summed E-state index contributed by atoms with van der Waals surface area (Å²) in [6.07, 6.45) is -0.181. The molecule has 0 saturated heterocycles. The minimum absolute atomic E-state index is 0.122. The van der Waals surface area contributed by atoms with Gasteiger partial charge in [0, 0.05) is 5.69 Å². The summed E-state index contributed by atoms with van der Waals surface area (Å²) in [5, 5.41) is 13.9. The number of hydrogen-bond donors (Lipinski definition) is 2. The van der Waals surface area contributed by atoms with Gasteiger partial charge in [0.2, 0.25) is 0 Å². The lowest BCUT2D eigenvalue weighted by Crippen LogP contribution is -2.13. The van der Waals surface area contributed by atoms with Crippen molar-refractivity contribution in [3.05, 3.63) is 95.9 Å². The van der Waals surface area contributed by atoms with E-state index in [1.54, 1.807) is 36.4 Å². The van der Waals surface area contributed by atoms with Gasteiger partial charge in [0.15, 0.2) is 5.76 Å². The number of furan rings is 1. The first-order valence-electron chi connectivity index (χ1n) is 9.40. The molecule has 3 aromatic carbocycles. The second-order valence-electron chi connectivity index (χ2n) is 6.75. The molecule has 0 spiro atoms. The Morgan fingerprint density at radius 1 is 0.900 bits per heavy atom. The second-order valence-corrected chi connectivity index (χ2v) is 6.75. The van der Waals surface area contributed by atoms with Crippen molar-refractivity contribution < 1.29 is 23.8 Å². The maximum atomic E-state index is 12.5. The minimum atomic E-state index is -0.970. The zero-order valence-corrected chi connectivity index (χ0v) is 16.0. The Labute approximate surface area is 172 Å². The molecule has 150 valence electrons. The molecule has 0 aliphatic heterocycles. The van der Waals surface area contributed by atoms with Crippen LogP contribution in [-0.4, -0.2) is 17.0 Å². The lowest BCUT2D eigenvalue weighted by molar-refractivity contribution is -0.136. The minimum Gasteiger partial charge on any atom is -0.486 e. The van der Waals surface area contributed by atoms with E-state index in [1.807, 2.05) is 42.5 Å². The third kappa shape index (κ3) is 4.50. The van der Waals surface area contributed by atoms with Crippen LogP contribution in [0.4, 0.5) is 5.69 Å².